The summed E-state index contributed by atoms with van der Waals surface area (Å²) in [6.45, 7) is 2.65. The number of hydrogen-bond donors (Lipinski definition) is 1. The Labute approximate surface area is 153 Å². The van der Waals surface area contributed by atoms with Crippen molar-refractivity contribution in [1.82, 2.24) is 4.90 Å². The molecule has 2 saturated heterocycles. The second kappa shape index (κ2) is 7.91. The fraction of sp³-hybridized carbons (Fsp3) is 0.611. The van der Waals surface area contributed by atoms with E-state index in [2.05, 4.69) is 10.2 Å². The van der Waals surface area contributed by atoms with E-state index >= 15 is 0 Å². The highest BCUT2D eigenvalue weighted by Gasteiger charge is 2.46. The van der Waals surface area contributed by atoms with Crippen molar-refractivity contribution >= 4 is 23.2 Å². The van der Waals surface area contributed by atoms with Crippen molar-refractivity contribution in [2.24, 2.45) is 0 Å². The van der Waals surface area contributed by atoms with Gasteiger partial charge in [-0.05, 0) is 37.5 Å². The molecule has 0 aliphatic carbocycles. The molecule has 1 aromatic carbocycles. The normalized spacial score (nSPS) is 26.8. The maximum absolute atomic E-state index is 12.4. The van der Waals surface area contributed by atoms with E-state index in [0.29, 0.717) is 29.5 Å². The zero-order chi connectivity index (χ0) is 17.9. The largest absolute Gasteiger partial charge is 0.495 e. The quantitative estimate of drug-likeness (QED) is 0.865. The molecule has 25 heavy (non-hydrogen) atoms. The van der Waals surface area contributed by atoms with Crippen LogP contribution in [0.25, 0.3) is 0 Å². The number of nitrogens with zero attached hydrogens (tertiary/aromatic N) is 1. The maximum Gasteiger partial charge on any atom is 0.238 e. The van der Waals surface area contributed by atoms with Gasteiger partial charge in [-0.3, -0.25) is 9.69 Å². The molecule has 2 aliphatic heterocycles. The number of amides is 1. The van der Waals surface area contributed by atoms with Gasteiger partial charge in [0.2, 0.25) is 5.91 Å². The molecule has 0 radical (unpaired) electrons. The fourth-order valence-electron chi connectivity index (χ4n) is 3.75. The number of nitrogens with one attached hydrogen (secondary N) is 1. The van der Waals surface area contributed by atoms with Crippen molar-refractivity contribution < 1.29 is 19.0 Å². The van der Waals surface area contributed by atoms with Gasteiger partial charge in [0.25, 0.3) is 0 Å². The van der Waals surface area contributed by atoms with E-state index in [9.17, 15) is 4.79 Å². The van der Waals surface area contributed by atoms with Gasteiger partial charge < -0.3 is 19.5 Å². The lowest BCUT2D eigenvalue weighted by Gasteiger charge is -2.44. The lowest BCUT2D eigenvalue weighted by atomic mass is 9.86. The number of benzene rings is 1. The van der Waals surface area contributed by atoms with E-state index in [4.69, 9.17) is 25.8 Å². The van der Waals surface area contributed by atoms with Gasteiger partial charge in [-0.15, -0.1) is 0 Å². The number of rotatable bonds is 5. The summed E-state index contributed by atoms with van der Waals surface area (Å²) in [4.78, 5) is 14.5. The van der Waals surface area contributed by atoms with E-state index in [1.54, 1.807) is 32.4 Å². The van der Waals surface area contributed by atoms with Crippen LogP contribution in [0.5, 0.6) is 5.75 Å². The molecule has 1 spiro atoms. The second-order valence-electron chi connectivity index (χ2n) is 6.62. The lowest BCUT2D eigenvalue weighted by Crippen LogP contribution is -2.57. The summed E-state index contributed by atoms with van der Waals surface area (Å²) < 4.78 is 16.8. The van der Waals surface area contributed by atoms with Crippen molar-refractivity contribution in [3.8, 4) is 5.75 Å². The minimum Gasteiger partial charge on any atom is -0.495 e. The molecular formula is C18H25ClN2O4. The first-order valence-corrected chi connectivity index (χ1v) is 8.96. The number of ether oxygens (including phenoxy) is 3. The average Bonchev–Trinajstić information content (AvgIpc) is 3.06. The van der Waals surface area contributed by atoms with E-state index in [0.717, 1.165) is 32.4 Å². The highest BCUT2D eigenvalue weighted by Crippen LogP contribution is 2.37. The maximum atomic E-state index is 12.4. The van der Waals surface area contributed by atoms with Crippen molar-refractivity contribution in [3.63, 3.8) is 0 Å². The zero-order valence-electron chi connectivity index (χ0n) is 14.7. The van der Waals surface area contributed by atoms with Crippen LogP contribution in [0.3, 0.4) is 0 Å². The predicted molar refractivity (Wildman–Crippen MR) is 96.4 cm³/mol. The summed E-state index contributed by atoms with van der Waals surface area (Å²) in [5, 5.41) is 3.35. The number of carbonyl (C=O) groups excluding carboxylic acids is 1. The van der Waals surface area contributed by atoms with Crippen LogP contribution in [0, 0.1) is 0 Å². The predicted octanol–water partition coefficient (Wildman–Crippen LogP) is 2.56. The van der Waals surface area contributed by atoms with Crippen LogP contribution < -0.4 is 10.1 Å². The third-order valence-electron chi connectivity index (χ3n) is 5.08. The van der Waals surface area contributed by atoms with Gasteiger partial charge in [-0.1, -0.05) is 11.6 Å². The standard InChI is InChI=1S/C18H25ClN2O4/c1-23-15-5-4-13(10-14(15)19)20-17(22)12-21-8-7-18(6-3-9-25-18)16(11-21)24-2/h4-5,10,16H,3,6-9,11-12H2,1-2H3,(H,20,22)/t16-,18+/m1/s1. The third kappa shape index (κ3) is 4.08. The Morgan fingerprint density at radius 2 is 2.28 bits per heavy atom. The summed E-state index contributed by atoms with van der Waals surface area (Å²) in [7, 11) is 3.28. The summed E-state index contributed by atoms with van der Waals surface area (Å²) in [5.74, 6) is 0.514. The second-order valence-corrected chi connectivity index (χ2v) is 7.03. The van der Waals surface area contributed by atoms with Gasteiger partial charge >= 0.3 is 0 Å². The third-order valence-corrected chi connectivity index (χ3v) is 5.38. The first kappa shape index (κ1) is 18.5. The molecule has 2 aliphatic rings. The van der Waals surface area contributed by atoms with Crippen molar-refractivity contribution in [2.75, 3.05) is 45.8 Å². The molecule has 1 amide bonds. The summed E-state index contributed by atoms with van der Waals surface area (Å²) >= 11 is 6.09. The fourth-order valence-corrected chi connectivity index (χ4v) is 4.01. The Morgan fingerprint density at radius 3 is 2.92 bits per heavy atom. The Morgan fingerprint density at radius 1 is 1.44 bits per heavy atom. The molecule has 3 rings (SSSR count). The smallest absolute Gasteiger partial charge is 0.238 e. The van der Waals surface area contributed by atoms with Crippen LogP contribution >= 0.6 is 11.6 Å². The molecule has 6 nitrogen and oxygen atoms in total. The van der Waals surface area contributed by atoms with Gasteiger partial charge in [-0.25, -0.2) is 0 Å². The molecule has 1 N–H and O–H groups in total. The molecule has 0 unspecified atom stereocenters. The molecule has 2 atom stereocenters. The monoisotopic (exact) mass is 368 g/mol. The SMILES string of the molecule is COc1ccc(NC(=O)CN2CC[C@@]3(CCCO3)[C@H](OC)C2)cc1Cl. The number of methoxy groups -OCH3 is 2. The Bertz CT molecular complexity index is 619. The first-order valence-electron chi connectivity index (χ1n) is 8.59. The molecule has 0 bridgehead atoms. The molecule has 138 valence electrons. The topological polar surface area (TPSA) is 60.0 Å². The van der Waals surface area contributed by atoms with Crippen LogP contribution in [-0.2, 0) is 14.3 Å². The van der Waals surface area contributed by atoms with Crippen LogP contribution in [0.15, 0.2) is 18.2 Å². The number of hydrogen-bond acceptors (Lipinski definition) is 5. The molecular weight excluding hydrogens is 344 g/mol. The van der Waals surface area contributed by atoms with Crippen molar-refractivity contribution in [1.29, 1.82) is 0 Å². The highest BCUT2D eigenvalue weighted by molar-refractivity contribution is 6.32. The van der Waals surface area contributed by atoms with Gasteiger partial charge in [0.15, 0.2) is 0 Å². The number of likely N-dealkylation sites (tertiary alicyclic amines) is 1. The lowest BCUT2D eigenvalue weighted by molar-refractivity contribution is -0.145. The van der Waals surface area contributed by atoms with E-state index in [1.165, 1.54) is 0 Å². The summed E-state index contributed by atoms with van der Waals surface area (Å²) in [6.07, 6.45) is 3.02. The van der Waals surface area contributed by atoms with Crippen LogP contribution in [0.2, 0.25) is 5.02 Å². The molecule has 0 aromatic heterocycles. The molecule has 2 fully saturated rings. The average molecular weight is 369 g/mol. The van der Waals surface area contributed by atoms with Gasteiger partial charge in [0.05, 0.1) is 30.4 Å². The van der Waals surface area contributed by atoms with Crippen molar-refractivity contribution in [3.05, 3.63) is 23.2 Å². The number of halogens is 1. The Kier molecular flexibility index (Phi) is 5.84. The minimum absolute atomic E-state index is 0.00646. The van der Waals surface area contributed by atoms with E-state index in [-0.39, 0.29) is 17.6 Å². The highest BCUT2D eigenvalue weighted by atomic mass is 35.5. The van der Waals surface area contributed by atoms with Gasteiger partial charge in [0, 0.05) is 32.5 Å². The van der Waals surface area contributed by atoms with Crippen molar-refractivity contribution in [2.45, 2.75) is 31.0 Å². The molecule has 0 saturated carbocycles. The summed E-state index contributed by atoms with van der Waals surface area (Å²) in [6, 6.07) is 5.20. The van der Waals surface area contributed by atoms with E-state index < -0.39 is 0 Å². The molecule has 7 heteroatoms. The van der Waals surface area contributed by atoms with Crippen LogP contribution in [0.4, 0.5) is 5.69 Å². The first-order chi connectivity index (χ1) is 12.1. The number of piperidine rings is 1. The molecule has 1 aromatic rings. The number of anilines is 1. The van der Waals surface area contributed by atoms with Gasteiger partial charge in [-0.2, -0.15) is 0 Å². The minimum atomic E-state index is -0.161. The Balaban J connectivity index is 1.55. The number of carbonyl (C=O) groups is 1. The van der Waals surface area contributed by atoms with Crippen LogP contribution in [-0.4, -0.2) is 63.0 Å². The van der Waals surface area contributed by atoms with Crippen LogP contribution in [0.1, 0.15) is 19.3 Å². The summed E-state index contributed by atoms with van der Waals surface area (Å²) in [5.41, 5.74) is 0.498. The van der Waals surface area contributed by atoms with Gasteiger partial charge in [0.1, 0.15) is 5.75 Å². The van der Waals surface area contributed by atoms with E-state index in [1.807, 2.05) is 0 Å². The zero-order valence-corrected chi connectivity index (χ0v) is 15.5. The Hall–Kier alpha value is -1.34. The molecule has 2 heterocycles.